The summed E-state index contributed by atoms with van der Waals surface area (Å²) in [6, 6.07) is 3.61. The highest BCUT2D eigenvalue weighted by Gasteiger charge is 2.07. The average molecular weight is 248 g/mol. The number of ketones is 1. The zero-order valence-corrected chi connectivity index (χ0v) is 10.2. The third kappa shape index (κ3) is 3.35. The number of methoxy groups -OCH3 is 1. The first kappa shape index (κ1) is 11.7. The summed E-state index contributed by atoms with van der Waals surface area (Å²) in [6.45, 7) is 0. The van der Waals surface area contributed by atoms with Crippen LogP contribution in [-0.4, -0.2) is 22.9 Å². The fourth-order valence-corrected chi connectivity index (χ4v) is 2.08. The minimum Gasteiger partial charge on any atom is -0.481 e. The lowest BCUT2D eigenvalue weighted by atomic mass is 10.1. The summed E-state index contributed by atoms with van der Waals surface area (Å²) in [4.78, 5) is 19.9. The van der Waals surface area contributed by atoms with Gasteiger partial charge in [-0.25, -0.2) is 9.97 Å². The molecule has 17 heavy (non-hydrogen) atoms. The third-order valence-corrected chi connectivity index (χ3v) is 3.02. The van der Waals surface area contributed by atoms with E-state index >= 15 is 0 Å². The Kier molecular flexibility index (Phi) is 3.82. The minimum atomic E-state index is 0.145. The van der Waals surface area contributed by atoms with Gasteiger partial charge in [-0.1, -0.05) is 6.07 Å². The maximum Gasteiger partial charge on any atom is 0.212 e. The molecule has 2 rings (SSSR count). The van der Waals surface area contributed by atoms with Gasteiger partial charge in [0.05, 0.1) is 18.5 Å². The Morgan fingerprint density at radius 1 is 1.35 bits per heavy atom. The van der Waals surface area contributed by atoms with Crippen LogP contribution < -0.4 is 4.74 Å². The van der Waals surface area contributed by atoms with E-state index in [-0.39, 0.29) is 5.78 Å². The fourth-order valence-electron chi connectivity index (χ4n) is 1.44. The maximum atomic E-state index is 11.7. The molecule has 0 aliphatic rings. The van der Waals surface area contributed by atoms with Crippen molar-refractivity contribution >= 4 is 17.1 Å². The Hall–Kier alpha value is -1.75. The van der Waals surface area contributed by atoms with Crippen molar-refractivity contribution < 1.29 is 9.53 Å². The van der Waals surface area contributed by atoms with E-state index in [9.17, 15) is 4.79 Å². The Balaban J connectivity index is 1.93. The van der Waals surface area contributed by atoms with Crippen LogP contribution in [0.1, 0.15) is 10.6 Å². The van der Waals surface area contributed by atoms with Crippen LogP contribution in [-0.2, 0) is 17.6 Å². The van der Waals surface area contributed by atoms with Crippen LogP contribution >= 0.6 is 11.3 Å². The van der Waals surface area contributed by atoms with E-state index in [1.165, 1.54) is 11.3 Å². The predicted molar refractivity (Wildman–Crippen MR) is 65.3 cm³/mol. The zero-order valence-electron chi connectivity index (χ0n) is 9.42. The number of pyridine rings is 1. The summed E-state index contributed by atoms with van der Waals surface area (Å²) in [7, 11) is 1.57. The van der Waals surface area contributed by atoms with Crippen molar-refractivity contribution in [2.75, 3.05) is 7.11 Å². The fraction of sp³-hybridized carbons (Fsp3) is 0.250. The van der Waals surface area contributed by atoms with Crippen LogP contribution in [0.25, 0.3) is 0 Å². The number of carbonyl (C=O) groups is 1. The van der Waals surface area contributed by atoms with E-state index in [0.29, 0.717) is 18.7 Å². The van der Waals surface area contributed by atoms with Gasteiger partial charge in [-0.3, -0.25) is 4.79 Å². The van der Waals surface area contributed by atoms with Crippen LogP contribution in [0.4, 0.5) is 0 Å². The third-order valence-electron chi connectivity index (χ3n) is 2.24. The van der Waals surface area contributed by atoms with Gasteiger partial charge in [0.25, 0.3) is 0 Å². The highest BCUT2D eigenvalue weighted by molar-refractivity contribution is 7.09. The molecule has 0 radical (unpaired) electrons. The number of rotatable bonds is 5. The molecule has 0 aliphatic carbocycles. The highest BCUT2D eigenvalue weighted by Crippen LogP contribution is 2.10. The number of hydrogen-bond donors (Lipinski definition) is 0. The van der Waals surface area contributed by atoms with E-state index in [1.807, 2.05) is 11.4 Å². The number of thiazole rings is 1. The number of nitrogens with zero attached hydrogens (tertiary/aromatic N) is 2. The van der Waals surface area contributed by atoms with Crippen LogP contribution in [0.2, 0.25) is 0 Å². The van der Waals surface area contributed by atoms with Crippen LogP contribution in [0.15, 0.2) is 29.9 Å². The van der Waals surface area contributed by atoms with Crippen molar-refractivity contribution in [1.29, 1.82) is 0 Å². The Morgan fingerprint density at radius 3 is 2.82 bits per heavy atom. The first-order valence-electron chi connectivity index (χ1n) is 5.17. The summed E-state index contributed by atoms with van der Waals surface area (Å²) in [5, 5.41) is 2.73. The quantitative estimate of drug-likeness (QED) is 0.811. The van der Waals surface area contributed by atoms with Gasteiger partial charge in [0.15, 0.2) is 0 Å². The Labute approximate surface area is 103 Å². The molecule has 0 aliphatic heterocycles. The standard InChI is InChI=1S/C12H12N2O2S/c1-16-11-3-2-9(8-14-11)6-10(15)7-12-13-4-5-17-12/h2-5,8H,6-7H2,1H3. The van der Waals surface area contributed by atoms with E-state index in [0.717, 1.165) is 10.6 Å². The Morgan fingerprint density at radius 2 is 2.24 bits per heavy atom. The van der Waals surface area contributed by atoms with Gasteiger partial charge in [0.1, 0.15) is 5.78 Å². The highest BCUT2D eigenvalue weighted by atomic mass is 32.1. The summed E-state index contributed by atoms with van der Waals surface area (Å²) >= 11 is 1.50. The van der Waals surface area contributed by atoms with Crippen LogP contribution in [0.3, 0.4) is 0 Å². The first-order chi connectivity index (χ1) is 8.28. The van der Waals surface area contributed by atoms with Gasteiger partial charge in [-0.2, -0.15) is 0 Å². The second-order valence-corrected chi connectivity index (χ2v) is 4.51. The molecule has 4 nitrogen and oxygen atoms in total. The van der Waals surface area contributed by atoms with Gasteiger partial charge in [-0.05, 0) is 5.56 Å². The topological polar surface area (TPSA) is 52.1 Å². The molecule has 2 aromatic rings. The molecule has 0 spiro atoms. The number of aromatic nitrogens is 2. The van der Waals surface area contributed by atoms with E-state index in [2.05, 4.69) is 9.97 Å². The second-order valence-electron chi connectivity index (χ2n) is 3.53. The van der Waals surface area contributed by atoms with Crippen molar-refractivity contribution in [3.63, 3.8) is 0 Å². The molecule has 0 aromatic carbocycles. The van der Waals surface area contributed by atoms with Crippen molar-refractivity contribution in [2.45, 2.75) is 12.8 Å². The van der Waals surface area contributed by atoms with Gasteiger partial charge in [0.2, 0.25) is 5.88 Å². The summed E-state index contributed by atoms with van der Waals surface area (Å²) < 4.78 is 4.96. The minimum absolute atomic E-state index is 0.145. The van der Waals surface area contributed by atoms with Gasteiger partial charge < -0.3 is 4.74 Å². The van der Waals surface area contributed by atoms with Gasteiger partial charge >= 0.3 is 0 Å². The van der Waals surface area contributed by atoms with E-state index in [4.69, 9.17) is 4.74 Å². The average Bonchev–Trinajstić information content (AvgIpc) is 2.82. The smallest absolute Gasteiger partial charge is 0.212 e. The Bertz CT molecular complexity index is 480. The van der Waals surface area contributed by atoms with Crippen molar-refractivity contribution in [1.82, 2.24) is 9.97 Å². The van der Waals surface area contributed by atoms with Gasteiger partial charge in [-0.15, -0.1) is 11.3 Å². The largest absolute Gasteiger partial charge is 0.481 e. The molecule has 0 atom stereocenters. The number of hydrogen-bond acceptors (Lipinski definition) is 5. The molecule has 2 aromatic heterocycles. The van der Waals surface area contributed by atoms with E-state index in [1.54, 1.807) is 25.6 Å². The molecule has 0 amide bonds. The molecule has 88 valence electrons. The number of Topliss-reactive ketones (excluding diaryl/α,β-unsaturated/α-hetero) is 1. The molecular weight excluding hydrogens is 236 g/mol. The molecule has 0 bridgehead atoms. The van der Waals surface area contributed by atoms with Crippen molar-refractivity contribution in [2.24, 2.45) is 0 Å². The zero-order chi connectivity index (χ0) is 12.1. The normalized spacial score (nSPS) is 10.2. The molecule has 2 heterocycles. The predicted octanol–water partition coefficient (Wildman–Crippen LogP) is 1.90. The molecule has 0 saturated carbocycles. The van der Waals surface area contributed by atoms with Crippen LogP contribution in [0, 0.1) is 0 Å². The summed E-state index contributed by atoms with van der Waals surface area (Å²) in [6.07, 6.45) is 4.15. The molecule has 0 N–H and O–H groups in total. The molecular formula is C12H12N2O2S. The SMILES string of the molecule is COc1ccc(CC(=O)Cc2nccs2)cn1. The molecule has 0 unspecified atom stereocenters. The molecule has 5 heteroatoms. The maximum absolute atomic E-state index is 11.7. The monoisotopic (exact) mass is 248 g/mol. The number of ether oxygens (including phenoxy) is 1. The lowest BCUT2D eigenvalue weighted by molar-refractivity contribution is -0.117. The van der Waals surface area contributed by atoms with Crippen LogP contribution in [0.5, 0.6) is 5.88 Å². The molecule has 0 fully saturated rings. The first-order valence-corrected chi connectivity index (χ1v) is 6.05. The summed E-state index contributed by atoms with van der Waals surface area (Å²) in [5.74, 6) is 0.702. The summed E-state index contributed by atoms with van der Waals surface area (Å²) in [5.41, 5.74) is 0.896. The lowest BCUT2D eigenvalue weighted by Crippen LogP contribution is -2.06. The van der Waals surface area contributed by atoms with Gasteiger partial charge in [0, 0.05) is 30.3 Å². The van der Waals surface area contributed by atoms with Crippen molar-refractivity contribution in [3.8, 4) is 5.88 Å². The van der Waals surface area contributed by atoms with E-state index < -0.39 is 0 Å². The van der Waals surface area contributed by atoms with Crippen molar-refractivity contribution in [3.05, 3.63) is 40.5 Å². The number of carbonyl (C=O) groups excluding carboxylic acids is 1. The second kappa shape index (κ2) is 5.54. The molecule has 0 saturated heterocycles. The lowest BCUT2D eigenvalue weighted by Gasteiger charge is -2.01.